The molecule has 0 fully saturated rings. The number of hydrogen-bond donors (Lipinski definition) is 2. The summed E-state index contributed by atoms with van der Waals surface area (Å²) < 4.78 is 51.3. The second kappa shape index (κ2) is 5.20. The molecule has 0 saturated carbocycles. The van der Waals surface area contributed by atoms with Gasteiger partial charge in [0, 0.05) is 11.6 Å². The summed E-state index contributed by atoms with van der Waals surface area (Å²) in [5.41, 5.74) is 3.57. The molecule has 96 valence electrons. The van der Waals surface area contributed by atoms with Gasteiger partial charge in [-0.1, -0.05) is 11.6 Å². The number of hydrogen-bond acceptors (Lipinski definition) is 2. The van der Waals surface area contributed by atoms with E-state index in [1.165, 1.54) is 0 Å². The van der Waals surface area contributed by atoms with Crippen LogP contribution in [0.2, 0.25) is 5.02 Å². The number of benzene rings is 1. The van der Waals surface area contributed by atoms with Crippen molar-refractivity contribution in [2.24, 2.45) is 5.73 Å². The number of halogens is 5. The van der Waals surface area contributed by atoms with E-state index >= 15 is 0 Å². The Bertz CT molecular complexity index is 408. The third kappa shape index (κ3) is 3.31. The highest BCUT2D eigenvalue weighted by Crippen LogP contribution is 2.35. The summed E-state index contributed by atoms with van der Waals surface area (Å²) in [6.45, 7) is -0.538. The standard InChI is InChI=1S/C10H10ClF4NO/c11-8-2-1-7(10(13,14)15)6(9(8)12)3-5(16)4-17/h1-2,5,17H,3-4,16H2. The molecule has 0 amide bonds. The predicted molar refractivity (Wildman–Crippen MR) is 55.2 cm³/mol. The average Bonchev–Trinajstić information content (AvgIpc) is 2.22. The third-order valence-electron chi connectivity index (χ3n) is 2.20. The maximum Gasteiger partial charge on any atom is 0.416 e. The molecule has 17 heavy (non-hydrogen) atoms. The van der Waals surface area contributed by atoms with Crippen LogP contribution in [0.4, 0.5) is 17.6 Å². The summed E-state index contributed by atoms with van der Waals surface area (Å²) >= 11 is 5.42. The molecule has 1 unspecified atom stereocenters. The first kappa shape index (κ1) is 14.2. The summed E-state index contributed by atoms with van der Waals surface area (Å²) in [5, 5.41) is 8.28. The second-order valence-electron chi connectivity index (χ2n) is 3.53. The van der Waals surface area contributed by atoms with Crippen LogP contribution in [-0.2, 0) is 12.6 Å². The molecule has 1 atom stereocenters. The Morgan fingerprint density at radius 1 is 1.35 bits per heavy atom. The van der Waals surface area contributed by atoms with E-state index in [0.29, 0.717) is 6.07 Å². The fourth-order valence-electron chi connectivity index (χ4n) is 1.38. The van der Waals surface area contributed by atoms with Gasteiger partial charge in [0.2, 0.25) is 0 Å². The number of nitrogens with two attached hydrogens (primary N) is 1. The summed E-state index contributed by atoms with van der Waals surface area (Å²) in [6.07, 6.45) is -5.12. The number of rotatable bonds is 3. The topological polar surface area (TPSA) is 46.2 Å². The first-order valence-corrected chi connectivity index (χ1v) is 5.05. The molecule has 0 bridgehead atoms. The molecule has 1 aromatic rings. The van der Waals surface area contributed by atoms with Crippen LogP contribution >= 0.6 is 11.6 Å². The highest BCUT2D eigenvalue weighted by molar-refractivity contribution is 6.30. The molecule has 2 nitrogen and oxygen atoms in total. The van der Waals surface area contributed by atoms with Gasteiger partial charge in [-0.2, -0.15) is 13.2 Å². The normalized spacial score (nSPS) is 13.8. The van der Waals surface area contributed by atoms with Gasteiger partial charge in [-0.3, -0.25) is 0 Å². The predicted octanol–water partition coefficient (Wildman–Crippen LogP) is 2.36. The highest BCUT2D eigenvalue weighted by atomic mass is 35.5. The molecule has 3 N–H and O–H groups in total. The van der Waals surface area contributed by atoms with E-state index in [9.17, 15) is 17.6 Å². The van der Waals surface area contributed by atoms with Crippen molar-refractivity contribution >= 4 is 11.6 Å². The van der Waals surface area contributed by atoms with E-state index in [1.807, 2.05) is 0 Å². The van der Waals surface area contributed by atoms with Gasteiger partial charge in [0.1, 0.15) is 5.82 Å². The van der Waals surface area contributed by atoms with Gasteiger partial charge >= 0.3 is 6.18 Å². The molecular formula is C10H10ClF4NO. The Hall–Kier alpha value is -0.850. The van der Waals surface area contributed by atoms with Gasteiger partial charge in [0.15, 0.2) is 0 Å². The minimum atomic E-state index is -4.68. The first-order chi connectivity index (χ1) is 7.77. The SMILES string of the molecule is NC(CO)Cc1c(C(F)(F)F)ccc(Cl)c1F. The molecule has 0 aromatic heterocycles. The minimum absolute atomic E-state index is 0.405. The van der Waals surface area contributed by atoms with E-state index < -0.39 is 47.2 Å². The average molecular weight is 272 g/mol. The second-order valence-corrected chi connectivity index (χ2v) is 3.94. The van der Waals surface area contributed by atoms with E-state index in [-0.39, 0.29) is 0 Å². The van der Waals surface area contributed by atoms with Crippen LogP contribution in [0.5, 0.6) is 0 Å². The van der Waals surface area contributed by atoms with Gasteiger partial charge in [0.05, 0.1) is 17.2 Å². The molecule has 0 saturated heterocycles. The first-order valence-electron chi connectivity index (χ1n) is 4.68. The lowest BCUT2D eigenvalue weighted by molar-refractivity contribution is -0.138. The van der Waals surface area contributed by atoms with Crippen LogP contribution in [0.25, 0.3) is 0 Å². The van der Waals surface area contributed by atoms with Crippen molar-refractivity contribution < 1.29 is 22.7 Å². The lowest BCUT2D eigenvalue weighted by Gasteiger charge is -2.16. The molecule has 1 aromatic carbocycles. The van der Waals surface area contributed by atoms with Crippen molar-refractivity contribution in [3.05, 3.63) is 34.1 Å². The number of alkyl halides is 3. The summed E-state index contributed by atoms with van der Waals surface area (Å²) in [4.78, 5) is 0. The number of aliphatic hydroxyl groups is 1. The van der Waals surface area contributed by atoms with Crippen LogP contribution < -0.4 is 5.73 Å². The van der Waals surface area contributed by atoms with Crippen LogP contribution in [-0.4, -0.2) is 17.8 Å². The van der Waals surface area contributed by atoms with Gasteiger partial charge in [-0.25, -0.2) is 4.39 Å². The zero-order valence-corrected chi connectivity index (χ0v) is 9.32. The van der Waals surface area contributed by atoms with Crippen molar-refractivity contribution in [3.63, 3.8) is 0 Å². The van der Waals surface area contributed by atoms with E-state index in [0.717, 1.165) is 6.07 Å². The third-order valence-corrected chi connectivity index (χ3v) is 2.49. The molecule has 0 spiro atoms. The Morgan fingerprint density at radius 3 is 2.41 bits per heavy atom. The molecule has 0 aliphatic carbocycles. The van der Waals surface area contributed by atoms with Crippen LogP contribution in [0.3, 0.4) is 0 Å². The summed E-state index contributed by atoms with van der Waals surface area (Å²) in [6, 6.07) is 0.572. The highest BCUT2D eigenvalue weighted by Gasteiger charge is 2.35. The largest absolute Gasteiger partial charge is 0.416 e. The fraction of sp³-hybridized carbons (Fsp3) is 0.400. The fourth-order valence-corrected chi connectivity index (χ4v) is 1.56. The van der Waals surface area contributed by atoms with Gasteiger partial charge in [-0.05, 0) is 18.6 Å². The Morgan fingerprint density at radius 2 is 1.94 bits per heavy atom. The molecule has 0 radical (unpaired) electrons. The van der Waals surface area contributed by atoms with Crippen LogP contribution in [0, 0.1) is 5.82 Å². The zero-order valence-electron chi connectivity index (χ0n) is 8.56. The van der Waals surface area contributed by atoms with E-state index in [1.54, 1.807) is 0 Å². The molecular weight excluding hydrogens is 262 g/mol. The lowest BCUT2D eigenvalue weighted by atomic mass is 9.99. The summed E-state index contributed by atoms with van der Waals surface area (Å²) in [5.74, 6) is -1.15. The Balaban J connectivity index is 3.27. The van der Waals surface area contributed by atoms with Gasteiger partial charge < -0.3 is 10.8 Å². The monoisotopic (exact) mass is 271 g/mol. The molecule has 7 heteroatoms. The molecule has 1 rings (SSSR count). The number of aliphatic hydroxyl groups excluding tert-OH is 1. The molecule has 0 aliphatic heterocycles. The minimum Gasteiger partial charge on any atom is -0.395 e. The summed E-state index contributed by atoms with van der Waals surface area (Å²) in [7, 11) is 0. The quantitative estimate of drug-likeness (QED) is 0.829. The lowest BCUT2D eigenvalue weighted by Crippen LogP contribution is -2.28. The van der Waals surface area contributed by atoms with Gasteiger partial charge in [0.25, 0.3) is 0 Å². The van der Waals surface area contributed by atoms with Gasteiger partial charge in [-0.15, -0.1) is 0 Å². The van der Waals surface area contributed by atoms with Crippen molar-refractivity contribution in [1.29, 1.82) is 0 Å². The van der Waals surface area contributed by atoms with Crippen LogP contribution in [0.1, 0.15) is 11.1 Å². The van der Waals surface area contributed by atoms with Crippen molar-refractivity contribution in [2.75, 3.05) is 6.61 Å². The van der Waals surface area contributed by atoms with Crippen molar-refractivity contribution in [2.45, 2.75) is 18.6 Å². The Kier molecular flexibility index (Phi) is 4.35. The smallest absolute Gasteiger partial charge is 0.395 e. The maximum absolute atomic E-state index is 13.5. The maximum atomic E-state index is 13.5. The Labute approximate surface area is 100.0 Å². The van der Waals surface area contributed by atoms with E-state index in [2.05, 4.69) is 0 Å². The molecule has 0 heterocycles. The molecule has 0 aliphatic rings. The van der Waals surface area contributed by atoms with Crippen LogP contribution in [0.15, 0.2) is 12.1 Å². The van der Waals surface area contributed by atoms with Crippen molar-refractivity contribution in [3.8, 4) is 0 Å². The van der Waals surface area contributed by atoms with E-state index in [4.69, 9.17) is 22.4 Å². The van der Waals surface area contributed by atoms with Crippen molar-refractivity contribution in [1.82, 2.24) is 0 Å². The zero-order chi connectivity index (χ0) is 13.2.